The third kappa shape index (κ3) is 3.90. The molecule has 3 aromatic rings. The molecule has 0 unspecified atom stereocenters. The summed E-state index contributed by atoms with van der Waals surface area (Å²) in [6, 6.07) is 16.0. The molecule has 0 atom stereocenters. The predicted octanol–water partition coefficient (Wildman–Crippen LogP) is 3.75. The lowest BCUT2D eigenvalue weighted by Crippen LogP contribution is -2.30. The third-order valence-corrected chi connectivity index (χ3v) is 6.29. The quantitative estimate of drug-likeness (QED) is 0.631. The minimum absolute atomic E-state index is 0.137. The second kappa shape index (κ2) is 7.69. The molecule has 0 saturated heterocycles. The smallest absolute Gasteiger partial charge is 0.243 e. The molecule has 0 saturated carbocycles. The van der Waals surface area contributed by atoms with Crippen LogP contribution in [-0.4, -0.2) is 25.9 Å². The van der Waals surface area contributed by atoms with Gasteiger partial charge >= 0.3 is 0 Å². The van der Waals surface area contributed by atoms with E-state index in [1.54, 1.807) is 24.3 Å². The lowest BCUT2D eigenvalue weighted by atomic mass is 10.1. The van der Waals surface area contributed by atoms with Gasteiger partial charge in [0.1, 0.15) is 19.0 Å². The summed E-state index contributed by atoms with van der Waals surface area (Å²) < 4.78 is 44.7. The zero-order valence-electron chi connectivity index (χ0n) is 15.5. The number of hydrogen-bond donors (Lipinski definition) is 0. The monoisotopic (exact) mass is 399 g/mol. The molecule has 1 aliphatic heterocycles. The normalized spacial score (nSPS) is 13.6. The van der Waals surface area contributed by atoms with Gasteiger partial charge in [-0.05, 0) is 36.8 Å². The highest BCUT2D eigenvalue weighted by atomic mass is 32.2. The van der Waals surface area contributed by atoms with E-state index in [9.17, 15) is 8.42 Å². The van der Waals surface area contributed by atoms with Gasteiger partial charge in [0, 0.05) is 12.6 Å². The predicted molar refractivity (Wildman–Crippen MR) is 104 cm³/mol. The Kier molecular flexibility index (Phi) is 5.11. The Morgan fingerprint density at radius 2 is 1.75 bits per heavy atom. The topological polar surface area (TPSA) is 69.0 Å². The Morgan fingerprint density at radius 3 is 2.50 bits per heavy atom. The first-order chi connectivity index (χ1) is 13.5. The van der Waals surface area contributed by atoms with Crippen molar-refractivity contribution in [2.24, 2.45) is 0 Å². The summed E-state index contributed by atoms with van der Waals surface area (Å²) in [5.74, 6) is 1.58. The van der Waals surface area contributed by atoms with Crippen molar-refractivity contribution < 1.29 is 22.3 Å². The van der Waals surface area contributed by atoms with E-state index in [0.717, 1.165) is 11.1 Å². The summed E-state index contributed by atoms with van der Waals surface area (Å²) in [5.41, 5.74) is 1.99. The minimum atomic E-state index is -3.78. The van der Waals surface area contributed by atoms with Crippen LogP contribution in [0.5, 0.6) is 11.5 Å². The van der Waals surface area contributed by atoms with Crippen LogP contribution < -0.4 is 9.47 Å². The molecule has 0 spiro atoms. The van der Waals surface area contributed by atoms with Crippen molar-refractivity contribution >= 4 is 10.0 Å². The van der Waals surface area contributed by atoms with Crippen LogP contribution in [0, 0.1) is 6.92 Å². The number of sulfonamides is 1. The first-order valence-electron chi connectivity index (χ1n) is 9.00. The van der Waals surface area contributed by atoms with Crippen molar-refractivity contribution in [2.45, 2.75) is 24.9 Å². The van der Waals surface area contributed by atoms with Crippen LogP contribution in [0.2, 0.25) is 0 Å². The van der Waals surface area contributed by atoms with Gasteiger partial charge in [0.25, 0.3) is 0 Å². The lowest BCUT2D eigenvalue weighted by molar-refractivity contribution is 0.171. The van der Waals surface area contributed by atoms with Gasteiger partial charge in [-0.15, -0.1) is 0 Å². The number of aryl methyl sites for hydroxylation is 1. The fourth-order valence-corrected chi connectivity index (χ4v) is 4.56. The third-order valence-electron chi connectivity index (χ3n) is 4.51. The molecule has 2 aromatic carbocycles. The van der Waals surface area contributed by atoms with Crippen LogP contribution in [0.3, 0.4) is 0 Å². The second-order valence-electron chi connectivity index (χ2n) is 6.65. The molecule has 2 heterocycles. The van der Waals surface area contributed by atoms with Crippen molar-refractivity contribution in [2.75, 3.05) is 13.2 Å². The lowest BCUT2D eigenvalue weighted by Gasteiger charge is -2.23. The molecule has 4 rings (SSSR count). The zero-order chi connectivity index (χ0) is 19.6. The molecule has 7 heteroatoms. The van der Waals surface area contributed by atoms with Crippen molar-refractivity contribution in [1.29, 1.82) is 0 Å². The number of nitrogens with zero attached hydrogens (tertiary/aromatic N) is 1. The van der Waals surface area contributed by atoms with Crippen LogP contribution in [-0.2, 0) is 23.1 Å². The Morgan fingerprint density at radius 1 is 0.929 bits per heavy atom. The number of hydrogen-bond acceptors (Lipinski definition) is 5. The summed E-state index contributed by atoms with van der Waals surface area (Å²) in [4.78, 5) is 0.163. The van der Waals surface area contributed by atoms with E-state index in [2.05, 4.69) is 0 Å². The molecule has 146 valence electrons. The van der Waals surface area contributed by atoms with Crippen LogP contribution >= 0.6 is 0 Å². The van der Waals surface area contributed by atoms with E-state index in [-0.39, 0.29) is 18.0 Å². The van der Waals surface area contributed by atoms with Gasteiger partial charge in [-0.1, -0.05) is 29.8 Å². The largest absolute Gasteiger partial charge is 0.486 e. The van der Waals surface area contributed by atoms with Gasteiger partial charge in [0.15, 0.2) is 11.5 Å². The Balaban J connectivity index is 1.69. The average molecular weight is 399 g/mol. The highest BCUT2D eigenvalue weighted by molar-refractivity contribution is 7.89. The number of ether oxygens (including phenoxy) is 2. The minimum Gasteiger partial charge on any atom is -0.486 e. The highest BCUT2D eigenvalue weighted by Gasteiger charge is 2.27. The van der Waals surface area contributed by atoms with Gasteiger partial charge in [-0.3, -0.25) is 0 Å². The van der Waals surface area contributed by atoms with Crippen molar-refractivity contribution in [3.8, 4) is 11.5 Å². The molecular formula is C21H21NO5S. The Labute approximate surface area is 164 Å². The van der Waals surface area contributed by atoms with Crippen LogP contribution in [0.4, 0.5) is 0 Å². The molecule has 6 nitrogen and oxygen atoms in total. The first-order valence-corrected chi connectivity index (χ1v) is 10.4. The maximum absolute atomic E-state index is 13.4. The number of fused-ring (bicyclic) bond motifs is 1. The standard InChI is InChI=1S/C21H21NO5S/c1-16-4-2-5-17(12-16)14-22(15-18-6-3-9-25-18)28(23,24)19-7-8-20-21(13-19)27-11-10-26-20/h2-9,12-13H,10-11,14-15H2,1H3. The molecule has 0 amide bonds. The van der Waals surface area contributed by atoms with E-state index < -0.39 is 10.0 Å². The van der Waals surface area contributed by atoms with Crippen molar-refractivity contribution in [1.82, 2.24) is 4.31 Å². The van der Waals surface area contributed by atoms with Crippen LogP contribution in [0.15, 0.2) is 70.2 Å². The van der Waals surface area contributed by atoms with Crippen LogP contribution in [0.25, 0.3) is 0 Å². The average Bonchev–Trinajstić information content (AvgIpc) is 3.20. The van der Waals surface area contributed by atoms with Crippen LogP contribution in [0.1, 0.15) is 16.9 Å². The maximum Gasteiger partial charge on any atom is 0.243 e. The Bertz CT molecular complexity index is 1060. The zero-order valence-corrected chi connectivity index (χ0v) is 16.3. The van der Waals surface area contributed by atoms with E-state index in [1.165, 1.54) is 16.6 Å². The summed E-state index contributed by atoms with van der Waals surface area (Å²) in [6.45, 7) is 3.21. The van der Waals surface area contributed by atoms with E-state index >= 15 is 0 Å². The fraction of sp³-hybridized carbons (Fsp3) is 0.238. The molecule has 1 aliphatic rings. The number of rotatable bonds is 6. The number of furan rings is 1. The molecule has 0 fully saturated rings. The van der Waals surface area contributed by atoms with Gasteiger partial charge in [0.2, 0.25) is 10.0 Å². The maximum atomic E-state index is 13.4. The molecule has 1 aromatic heterocycles. The Hall–Kier alpha value is -2.77. The fourth-order valence-electron chi connectivity index (χ4n) is 3.15. The van der Waals surface area contributed by atoms with Crippen molar-refractivity contribution in [3.63, 3.8) is 0 Å². The molecule has 0 radical (unpaired) electrons. The van der Waals surface area contributed by atoms with E-state index in [0.29, 0.717) is 30.5 Å². The van der Waals surface area contributed by atoms with E-state index in [1.807, 2.05) is 31.2 Å². The SMILES string of the molecule is Cc1cccc(CN(Cc2ccco2)S(=O)(=O)c2ccc3c(c2)OCCO3)c1. The molecular weight excluding hydrogens is 378 g/mol. The van der Waals surface area contributed by atoms with Gasteiger partial charge in [-0.25, -0.2) is 8.42 Å². The summed E-state index contributed by atoms with van der Waals surface area (Å²) in [7, 11) is -3.78. The molecule has 0 N–H and O–H groups in total. The first kappa shape index (κ1) is 18.6. The number of benzene rings is 2. The highest BCUT2D eigenvalue weighted by Crippen LogP contribution is 2.33. The summed E-state index contributed by atoms with van der Waals surface area (Å²) in [6.07, 6.45) is 1.54. The van der Waals surface area contributed by atoms with Gasteiger partial charge < -0.3 is 13.9 Å². The van der Waals surface area contributed by atoms with Gasteiger partial charge in [-0.2, -0.15) is 4.31 Å². The van der Waals surface area contributed by atoms with Gasteiger partial charge in [0.05, 0.1) is 17.7 Å². The summed E-state index contributed by atoms with van der Waals surface area (Å²) in [5, 5.41) is 0. The molecule has 0 aliphatic carbocycles. The molecule has 28 heavy (non-hydrogen) atoms. The summed E-state index contributed by atoms with van der Waals surface area (Å²) >= 11 is 0. The van der Waals surface area contributed by atoms with Crippen molar-refractivity contribution in [3.05, 3.63) is 77.7 Å². The molecule has 0 bridgehead atoms. The second-order valence-corrected chi connectivity index (χ2v) is 8.58. The van der Waals surface area contributed by atoms with E-state index in [4.69, 9.17) is 13.9 Å².